The van der Waals surface area contributed by atoms with Crippen LogP contribution < -0.4 is 9.47 Å². The SMILES string of the molecule is CC(=O)CCC(=O)c1cc(Cl)ccc1OCc1ccccc1.Cc1ccc(-c2cc(Cl)ccc2OCc2ccccc2)n1-c1cccc(C#N)c1. The zero-order chi connectivity index (χ0) is 36.2. The van der Waals surface area contributed by atoms with Gasteiger partial charge < -0.3 is 18.8 Å². The van der Waals surface area contributed by atoms with Gasteiger partial charge in [0, 0.05) is 39.8 Å². The molecule has 1 aromatic heterocycles. The molecule has 0 radical (unpaired) electrons. The molecule has 5 aromatic carbocycles. The van der Waals surface area contributed by atoms with E-state index in [9.17, 15) is 14.9 Å². The first kappa shape index (κ1) is 36.7. The van der Waals surface area contributed by atoms with Gasteiger partial charge in [0.05, 0.1) is 22.9 Å². The largest absolute Gasteiger partial charge is 0.488 e. The summed E-state index contributed by atoms with van der Waals surface area (Å²) in [7, 11) is 0. The Morgan fingerprint density at radius 3 is 1.92 bits per heavy atom. The van der Waals surface area contributed by atoms with Gasteiger partial charge >= 0.3 is 0 Å². The Balaban J connectivity index is 0.000000206. The lowest BCUT2D eigenvalue weighted by molar-refractivity contribution is -0.117. The second kappa shape index (κ2) is 17.9. The highest BCUT2D eigenvalue weighted by atomic mass is 35.5. The lowest BCUT2D eigenvalue weighted by Gasteiger charge is -2.16. The summed E-state index contributed by atoms with van der Waals surface area (Å²) in [6.07, 6.45) is 0.390. The van der Waals surface area contributed by atoms with Crippen LogP contribution in [0.4, 0.5) is 0 Å². The van der Waals surface area contributed by atoms with Gasteiger partial charge in [0.2, 0.25) is 0 Å². The minimum absolute atomic E-state index is 0.0119. The molecular formula is C43H36Cl2N2O4. The van der Waals surface area contributed by atoms with Crippen molar-refractivity contribution in [3.05, 3.63) is 171 Å². The summed E-state index contributed by atoms with van der Waals surface area (Å²) in [5, 5.41) is 10.4. The standard InChI is InChI=1S/C25H19ClN2O.C18H17ClO3/c1-18-10-12-24(28(18)22-9-5-8-20(14-22)16-27)23-15-21(26)11-13-25(23)29-17-19-6-3-2-4-7-19;1-13(20)7-9-17(21)16-11-15(19)8-10-18(16)22-12-14-5-3-2-4-6-14/h2-15H,17H2,1H3;2-6,8,10-11H,7,9,12H2,1H3. The van der Waals surface area contributed by atoms with Gasteiger partial charge in [-0.1, -0.05) is 89.9 Å². The van der Waals surface area contributed by atoms with Crippen molar-refractivity contribution in [1.82, 2.24) is 4.57 Å². The number of nitrogens with zero attached hydrogens (tertiary/aromatic N) is 2. The zero-order valence-electron chi connectivity index (χ0n) is 28.3. The van der Waals surface area contributed by atoms with Crippen molar-refractivity contribution < 1.29 is 19.1 Å². The van der Waals surface area contributed by atoms with E-state index in [-0.39, 0.29) is 24.4 Å². The molecule has 0 saturated heterocycles. The normalized spacial score (nSPS) is 10.4. The van der Waals surface area contributed by atoms with Gasteiger partial charge in [0.25, 0.3) is 0 Å². The van der Waals surface area contributed by atoms with Crippen LogP contribution in [0.25, 0.3) is 16.9 Å². The fourth-order valence-corrected chi connectivity index (χ4v) is 5.72. The number of carbonyl (C=O) groups is 2. The van der Waals surface area contributed by atoms with Crippen molar-refractivity contribution in [2.45, 2.75) is 39.9 Å². The molecule has 0 aliphatic carbocycles. The molecule has 0 aliphatic heterocycles. The minimum Gasteiger partial charge on any atom is -0.488 e. The Bertz CT molecular complexity index is 2160. The van der Waals surface area contributed by atoms with Crippen LogP contribution in [0.3, 0.4) is 0 Å². The number of aromatic nitrogens is 1. The number of benzene rings is 5. The third-order valence-corrected chi connectivity index (χ3v) is 8.42. The van der Waals surface area contributed by atoms with E-state index in [1.54, 1.807) is 24.3 Å². The van der Waals surface area contributed by atoms with E-state index in [4.69, 9.17) is 32.7 Å². The van der Waals surface area contributed by atoms with Crippen LogP contribution in [-0.2, 0) is 18.0 Å². The van der Waals surface area contributed by atoms with Crippen LogP contribution in [0.15, 0.2) is 133 Å². The summed E-state index contributed by atoms with van der Waals surface area (Å²) in [4.78, 5) is 23.3. The Morgan fingerprint density at radius 2 is 1.29 bits per heavy atom. The van der Waals surface area contributed by atoms with Crippen molar-refractivity contribution >= 4 is 34.8 Å². The van der Waals surface area contributed by atoms with E-state index in [1.165, 1.54) is 6.92 Å². The fraction of sp³-hybridized carbons (Fsp3) is 0.140. The summed E-state index contributed by atoms with van der Waals surface area (Å²) in [5.41, 5.74) is 7.01. The Hall–Kier alpha value is -5.61. The second-order valence-electron chi connectivity index (χ2n) is 11.8. The summed E-state index contributed by atoms with van der Waals surface area (Å²) in [5.74, 6) is 1.10. The molecule has 0 saturated carbocycles. The predicted molar refractivity (Wildman–Crippen MR) is 203 cm³/mol. The number of aryl methyl sites for hydroxylation is 1. The lowest BCUT2D eigenvalue weighted by atomic mass is 10.0. The molecule has 0 bridgehead atoms. The van der Waals surface area contributed by atoms with Gasteiger partial charge in [-0.25, -0.2) is 0 Å². The summed E-state index contributed by atoms with van der Waals surface area (Å²) >= 11 is 12.3. The lowest BCUT2D eigenvalue weighted by Crippen LogP contribution is -2.06. The Morgan fingerprint density at radius 1 is 0.686 bits per heavy atom. The predicted octanol–water partition coefficient (Wildman–Crippen LogP) is 11.0. The van der Waals surface area contributed by atoms with E-state index >= 15 is 0 Å². The molecule has 256 valence electrons. The van der Waals surface area contributed by atoms with E-state index in [1.807, 2.05) is 104 Å². The van der Waals surface area contributed by atoms with E-state index < -0.39 is 0 Å². The van der Waals surface area contributed by atoms with Crippen molar-refractivity contribution in [1.29, 1.82) is 5.26 Å². The Labute approximate surface area is 308 Å². The highest BCUT2D eigenvalue weighted by molar-refractivity contribution is 6.31. The molecule has 6 nitrogen and oxygen atoms in total. The van der Waals surface area contributed by atoms with Crippen LogP contribution in [0, 0.1) is 18.3 Å². The molecule has 8 heteroatoms. The number of ether oxygens (including phenoxy) is 2. The van der Waals surface area contributed by atoms with Gasteiger partial charge in [-0.2, -0.15) is 5.26 Å². The third-order valence-electron chi connectivity index (χ3n) is 7.95. The molecule has 6 rings (SSSR count). The van der Waals surface area contributed by atoms with Gasteiger partial charge in [0.15, 0.2) is 5.78 Å². The molecule has 0 N–H and O–H groups in total. The fourth-order valence-electron chi connectivity index (χ4n) is 5.38. The molecular weight excluding hydrogens is 679 g/mol. The van der Waals surface area contributed by atoms with Crippen LogP contribution in [0.5, 0.6) is 11.5 Å². The third kappa shape index (κ3) is 10.2. The maximum atomic E-state index is 12.2. The first-order valence-corrected chi connectivity index (χ1v) is 17.1. The van der Waals surface area contributed by atoms with Gasteiger partial charge in [-0.15, -0.1) is 0 Å². The number of Topliss-reactive ketones (excluding diaryl/α,β-unsaturated/α-hetero) is 2. The number of ketones is 2. The average Bonchev–Trinajstić information content (AvgIpc) is 3.54. The maximum Gasteiger partial charge on any atom is 0.167 e. The number of halogens is 2. The van der Waals surface area contributed by atoms with E-state index in [2.05, 4.69) is 22.8 Å². The Kier molecular flexibility index (Phi) is 12.8. The number of rotatable bonds is 12. The van der Waals surface area contributed by atoms with Crippen LogP contribution in [-0.4, -0.2) is 16.1 Å². The summed E-state index contributed by atoms with van der Waals surface area (Å²) < 4.78 is 14.0. The van der Waals surface area contributed by atoms with Gasteiger partial charge in [-0.05, 0) is 91.7 Å². The van der Waals surface area contributed by atoms with E-state index in [0.29, 0.717) is 40.1 Å². The molecule has 0 aliphatic rings. The molecule has 6 aromatic rings. The smallest absolute Gasteiger partial charge is 0.167 e. The number of nitriles is 1. The van der Waals surface area contributed by atoms with Crippen molar-refractivity contribution in [3.8, 4) is 34.5 Å². The number of hydrogen-bond donors (Lipinski definition) is 0. The van der Waals surface area contributed by atoms with Crippen LogP contribution in [0.1, 0.15) is 52.5 Å². The first-order valence-electron chi connectivity index (χ1n) is 16.4. The maximum absolute atomic E-state index is 12.2. The molecule has 0 spiro atoms. The minimum atomic E-state index is -0.138. The number of hydrogen-bond acceptors (Lipinski definition) is 5. The topological polar surface area (TPSA) is 81.3 Å². The van der Waals surface area contributed by atoms with Gasteiger partial charge in [-0.3, -0.25) is 4.79 Å². The summed E-state index contributed by atoms with van der Waals surface area (Å²) in [6, 6.07) is 44.2. The van der Waals surface area contributed by atoms with Crippen LogP contribution in [0.2, 0.25) is 10.0 Å². The van der Waals surface area contributed by atoms with Crippen molar-refractivity contribution in [2.75, 3.05) is 0 Å². The summed E-state index contributed by atoms with van der Waals surface area (Å²) in [6.45, 7) is 4.35. The molecule has 0 unspecified atom stereocenters. The van der Waals surface area contributed by atoms with Crippen molar-refractivity contribution in [3.63, 3.8) is 0 Å². The highest BCUT2D eigenvalue weighted by Gasteiger charge is 2.16. The van der Waals surface area contributed by atoms with Crippen LogP contribution >= 0.6 is 23.2 Å². The highest BCUT2D eigenvalue weighted by Crippen LogP contribution is 2.36. The number of carbonyl (C=O) groups excluding carboxylic acids is 2. The van der Waals surface area contributed by atoms with Crippen molar-refractivity contribution in [2.24, 2.45) is 0 Å². The molecule has 1 heterocycles. The zero-order valence-corrected chi connectivity index (χ0v) is 29.8. The average molecular weight is 716 g/mol. The second-order valence-corrected chi connectivity index (χ2v) is 12.7. The van der Waals surface area contributed by atoms with Gasteiger partial charge in [0.1, 0.15) is 30.5 Å². The molecule has 51 heavy (non-hydrogen) atoms. The quantitative estimate of drug-likeness (QED) is 0.118. The first-order chi connectivity index (χ1) is 24.7. The molecule has 0 amide bonds. The monoisotopic (exact) mass is 714 g/mol. The van der Waals surface area contributed by atoms with E-state index in [0.717, 1.165) is 39.5 Å². The molecule has 0 atom stereocenters. The molecule has 0 fully saturated rings.